The Hall–Kier alpha value is -0.530. The first kappa shape index (κ1) is 17.5. The summed E-state index contributed by atoms with van der Waals surface area (Å²) in [5.74, 6) is 0.800. The summed E-state index contributed by atoms with van der Waals surface area (Å²) in [7, 11) is 3.39. The molecule has 1 saturated heterocycles. The third-order valence-corrected chi connectivity index (χ3v) is 3.61. The molecule has 0 bridgehead atoms. The highest BCUT2D eigenvalue weighted by molar-refractivity contribution is 14.0. The number of carbonyl (C=O) groups is 1. The third-order valence-electron chi connectivity index (χ3n) is 3.61. The lowest BCUT2D eigenvalue weighted by atomic mass is 9.87. The largest absolute Gasteiger partial charge is 0.358 e. The van der Waals surface area contributed by atoms with E-state index in [1.54, 1.807) is 14.1 Å². The summed E-state index contributed by atoms with van der Waals surface area (Å²) >= 11 is 0. The summed E-state index contributed by atoms with van der Waals surface area (Å²) in [6.07, 6.45) is 2.36. The highest BCUT2D eigenvalue weighted by atomic mass is 127. The van der Waals surface area contributed by atoms with Crippen LogP contribution in [0.5, 0.6) is 0 Å². The molecule has 1 aliphatic rings. The average molecular weight is 368 g/mol. The number of amides is 1. The minimum Gasteiger partial charge on any atom is -0.358 e. The van der Waals surface area contributed by atoms with Gasteiger partial charge in [0.1, 0.15) is 0 Å². The molecule has 0 saturated carbocycles. The van der Waals surface area contributed by atoms with Gasteiger partial charge in [-0.25, -0.2) is 0 Å². The number of guanidine groups is 1. The van der Waals surface area contributed by atoms with Crippen LogP contribution in [0.1, 0.15) is 26.7 Å². The zero-order chi connectivity index (χ0) is 12.9. The second-order valence-electron chi connectivity index (χ2n) is 4.91. The summed E-state index contributed by atoms with van der Waals surface area (Å²) in [5, 5.41) is 5.68. The molecule has 0 aromatic carbocycles. The van der Waals surface area contributed by atoms with E-state index < -0.39 is 0 Å². The Balaban J connectivity index is 0.00000289. The maximum absolute atomic E-state index is 11.2. The second kappa shape index (κ2) is 7.81. The monoisotopic (exact) mass is 368 g/mol. The topological polar surface area (TPSA) is 56.7 Å². The third kappa shape index (κ3) is 4.62. The fraction of sp³-hybridized carbons (Fsp3) is 0.833. The number of likely N-dealkylation sites (tertiary alicyclic amines) is 1. The number of hydrogen-bond acceptors (Lipinski definition) is 2. The molecule has 0 spiro atoms. The van der Waals surface area contributed by atoms with E-state index in [1.165, 1.54) is 12.8 Å². The van der Waals surface area contributed by atoms with Gasteiger partial charge in [-0.2, -0.15) is 0 Å². The lowest BCUT2D eigenvalue weighted by Crippen LogP contribution is -2.44. The Morgan fingerprint density at radius 3 is 2.61 bits per heavy atom. The van der Waals surface area contributed by atoms with Gasteiger partial charge in [0.05, 0.1) is 6.54 Å². The van der Waals surface area contributed by atoms with Crippen molar-refractivity contribution in [2.75, 3.05) is 33.7 Å². The predicted octanol–water partition coefficient (Wildman–Crippen LogP) is 1.05. The normalized spacial score (nSPS) is 23.6. The Bertz CT molecular complexity index is 308. The maximum atomic E-state index is 11.2. The number of likely N-dealkylation sites (N-methyl/N-ethyl adjacent to an activating group) is 1. The van der Waals surface area contributed by atoms with Gasteiger partial charge in [-0.3, -0.25) is 9.79 Å². The van der Waals surface area contributed by atoms with Gasteiger partial charge in [-0.15, -0.1) is 24.0 Å². The minimum absolute atomic E-state index is 0. The fourth-order valence-corrected chi connectivity index (χ4v) is 2.07. The molecule has 5 nitrogen and oxygen atoms in total. The van der Waals surface area contributed by atoms with Gasteiger partial charge in [0, 0.05) is 27.2 Å². The molecule has 0 aromatic heterocycles. The van der Waals surface area contributed by atoms with Gasteiger partial charge >= 0.3 is 0 Å². The first-order chi connectivity index (χ1) is 8.04. The van der Waals surface area contributed by atoms with Gasteiger partial charge in [0.25, 0.3) is 0 Å². The molecule has 18 heavy (non-hydrogen) atoms. The molecule has 1 aliphatic heterocycles. The van der Waals surface area contributed by atoms with Crippen molar-refractivity contribution in [3.63, 3.8) is 0 Å². The molecule has 0 radical (unpaired) electrons. The zero-order valence-corrected chi connectivity index (χ0v) is 14.1. The van der Waals surface area contributed by atoms with E-state index in [1.807, 2.05) is 0 Å². The average Bonchev–Trinajstić information content (AvgIpc) is 2.73. The number of halogens is 1. The van der Waals surface area contributed by atoms with Crippen LogP contribution in [0.4, 0.5) is 0 Å². The Morgan fingerprint density at radius 2 is 2.17 bits per heavy atom. The summed E-state index contributed by atoms with van der Waals surface area (Å²) in [4.78, 5) is 17.6. The summed E-state index contributed by atoms with van der Waals surface area (Å²) in [6, 6.07) is 0. The number of nitrogens with one attached hydrogen (secondary N) is 2. The van der Waals surface area contributed by atoms with Crippen molar-refractivity contribution in [2.45, 2.75) is 26.7 Å². The van der Waals surface area contributed by atoms with E-state index in [2.05, 4.69) is 34.4 Å². The van der Waals surface area contributed by atoms with E-state index in [0.717, 1.165) is 19.0 Å². The summed E-state index contributed by atoms with van der Waals surface area (Å²) in [5.41, 5.74) is 0.380. The number of hydrogen-bond donors (Lipinski definition) is 2. The van der Waals surface area contributed by atoms with Crippen LogP contribution in [0.15, 0.2) is 4.99 Å². The molecule has 6 heteroatoms. The van der Waals surface area contributed by atoms with Crippen LogP contribution >= 0.6 is 24.0 Å². The van der Waals surface area contributed by atoms with Crippen LogP contribution in [-0.4, -0.2) is 50.5 Å². The lowest BCUT2D eigenvalue weighted by Gasteiger charge is -2.25. The molecule has 1 amide bonds. The Labute approximate surface area is 127 Å². The van der Waals surface area contributed by atoms with Crippen molar-refractivity contribution in [1.29, 1.82) is 0 Å². The van der Waals surface area contributed by atoms with E-state index in [4.69, 9.17) is 0 Å². The van der Waals surface area contributed by atoms with Gasteiger partial charge in [0.2, 0.25) is 5.91 Å². The molecular weight excluding hydrogens is 343 g/mol. The molecule has 2 N–H and O–H groups in total. The van der Waals surface area contributed by atoms with Crippen molar-refractivity contribution >= 4 is 35.8 Å². The second-order valence-corrected chi connectivity index (χ2v) is 4.91. The van der Waals surface area contributed by atoms with E-state index in [-0.39, 0.29) is 36.4 Å². The minimum atomic E-state index is -0.0244. The van der Waals surface area contributed by atoms with E-state index >= 15 is 0 Å². The summed E-state index contributed by atoms with van der Waals surface area (Å²) < 4.78 is 0. The van der Waals surface area contributed by atoms with Crippen LogP contribution in [0.2, 0.25) is 0 Å². The Morgan fingerprint density at radius 1 is 1.50 bits per heavy atom. The molecule has 0 aromatic rings. The number of rotatable bonds is 3. The molecule has 1 heterocycles. The Kier molecular flexibility index (Phi) is 7.58. The van der Waals surface area contributed by atoms with Crippen molar-refractivity contribution in [2.24, 2.45) is 10.4 Å². The molecule has 106 valence electrons. The first-order valence-corrected chi connectivity index (χ1v) is 6.21. The SMILES string of the molecule is CCC1(C)CCN(C(=NC)NCC(=O)NC)C1.I. The maximum Gasteiger partial charge on any atom is 0.239 e. The molecule has 1 atom stereocenters. The lowest BCUT2D eigenvalue weighted by molar-refractivity contribution is -0.119. The van der Waals surface area contributed by atoms with Crippen molar-refractivity contribution < 1.29 is 4.79 Å². The van der Waals surface area contributed by atoms with E-state index in [0.29, 0.717) is 5.41 Å². The molecule has 1 unspecified atom stereocenters. The van der Waals surface area contributed by atoms with Crippen LogP contribution < -0.4 is 10.6 Å². The smallest absolute Gasteiger partial charge is 0.239 e. The van der Waals surface area contributed by atoms with Crippen LogP contribution in [0, 0.1) is 5.41 Å². The van der Waals surface area contributed by atoms with Crippen LogP contribution in [0.25, 0.3) is 0 Å². The predicted molar refractivity (Wildman–Crippen MR) is 85.4 cm³/mol. The first-order valence-electron chi connectivity index (χ1n) is 6.21. The molecule has 1 fully saturated rings. The highest BCUT2D eigenvalue weighted by Crippen LogP contribution is 2.32. The van der Waals surface area contributed by atoms with Gasteiger partial charge in [-0.05, 0) is 18.3 Å². The fourth-order valence-electron chi connectivity index (χ4n) is 2.07. The molecule has 1 rings (SSSR count). The van der Waals surface area contributed by atoms with Gasteiger partial charge < -0.3 is 15.5 Å². The quantitative estimate of drug-likeness (QED) is 0.445. The van der Waals surface area contributed by atoms with Crippen LogP contribution in [-0.2, 0) is 4.79 Å². The molecule has 0 aliphatic carbocycles. The number of aliphatic imine (C=N–C) groups is 1. The van der Waals surface area contributed by atoms with Crippen molar-refractivity contribution in [3.8, 4) is 0 Å². The zero-order valence-electron chi connectivity index (χ0n) is 11.7. The van der Waals surface area contributed by atoms with Crippen molar-refractivity contribution in [1.82, 2.24) is 15.5 Å². The van der Waals surface area contributed by atoms with Crippen LogP contribution in [0.3, 0.4) is 0 Å². The molecular formula is C12H25IN4O. The number of nitrogens with zero attached hydrogens (tertiary/aromatic N) is 2. The van der Waals surface area contributed by atoms with Gasteiger partial charge in [-0.1, -0.05) is 13.8 Å². The summed E-state index contributed by atoms with van der Waals surface area (Å²) in [6.45, 7) is 6.83. The standard InChI is InChI=1S/C12H24N4O.HI/c1-5-12(2)6-7-16(9-12)11(14-4)15-8-10(17)13-3;/h5-9H2,1-4H3,(H,13,17)(H,14,15);1H. The van der Waals surface area contributed by atoms with Gasteiger partial charge in [0.15, 0.2) is 5.96 Å². The highest BCUT2D eigenvalue weighted by Gasteiger charge is 2.33. The van der Waals surface area contributed by atoms with E-state index in [9.17, 15) is 4.79 Å². The van der Waals surface area contributed by atoms with Crippen molar-refractivity contribution in [3.05, 3.63) is 0 Å². The number of carbonyl (C=O) groups excluding carboxylic acids is 1.